The summed E-state index contributed by atoms with van der Waals surface area (Å²) in [6.45, 7) is 10.7. The van der Waals surface area contributed by atoms with Gasteiger partial charge < -0.3 is 0 Å². The van der Waals surface area contributed by atoms with Gasteiger partial charge >= 0.3 is 0 Å². The minimum absolute atomic E-state index is 0.0806. The molecule has 0 saturated carbocycles. The number of rotatable bonds is 3. The van der Waals surface area contributed by atoms with Crippen LogP contribution in [0, 0.1) is 0 Å². The lowest BCUT2D eigenvalue weighted by molar-refractivity contribution is 0.965. The molecule has 0 aromatic rings. The van der Waals surface area contributed by atoms with Crippen LogP contribution in [0.2, 0.25) is 5.21 Å². The zero-order valence-corrected chi connectivity index (χ0v) is 7.73. The lowest BCUT2D eigenvalue weighted by atomic mass is 9.56. The molecule has 0 aromatic carbocycles. The number of hydrogen-bond acceptors (Lipinski definition) is 0. The van der Waals surface area contributed by atoms with E-state index >= 15 is 0 Å². The van der Waals surface area contributed by atoms with E-state index in [1.54, 1.807) is 0 Å². The molecular weight excluding hydrogens is 125 g/mol. The normalized spacial score (nSPS) is 13.4. The van der Waals surface area contributed by atoms with Gasteiger partial charge in [-0.2, -0.15) is 8.46 Å². The molecule has 3 radical (unpaired) electrons. The summed E-state index contributed by atoms with van der Waals surface area (Å²) in [4.78, 5) is 0. The van der Waals surface area contributed by atoms with Crippen molar-refractivity contribution >= 4 is 23.3 Å². The average Bonchev–Trinajstić information content (AvgIpc) is 1.59. The van der Waals surface area contributed by atoms with Crippen molar-refractivity contribution in [3.05, 3.63) is 0 Å². The van der Waals surface area contributed by atoms with Gasteiger partial charge in [-0.1, -0.05) is 32.9 Å². The van der Waals surface area contributed by atoms with Gasteiger partial charge in [0.1, 0.15) is 7.00 Å². The molecule has 0 aromatic heterocycles. The summed E-state index contributed by atoms with van der Waals surface area (Å²) in [5.74, 6) is 0. The fourth-order valence-corrected chi connectivity index (χ4v) is 1.14. The molecule has 0 fully saturated rings. The van der Waals surface area contributed by atoms with E-state index < -0.39 is 0 Å². The Morgan fingerprint density at radius 1 is 1.44 bits per heavy atom. The first-order chi connectivity index (χ1) is 3.92. The lowest BCUT2D eigenvalue weighted by Gasteiger charge is -2.17. The molecule has 0 aliphatic heterocycles. The smallest absolute Gasteiger partial charge is 0.139 e. The van der Waals surface area contributed by atoms with Crippen LogP contribution >= 0.6 is 8.46 Å². The highest BCUT2D eigenvalue weighted by molar-refractivity contribution is 7.72. The molecule has 0 aliphatic rings. The monoisotopic (exact) mass is 139 g/mol. The third-order valence-corrected chi connectivity index (χ3v) is 2.37. The summed E-state index contributed by atoms with van der Waals surface area (Å²) in [5.41, 5.74) is 0.757. The van der Waals surface area contributed by atoms with E-state index in [0.29, 0.717) is 0 Å². The standard InChI is InChI=1S/C6H14B2P/c1-5(2)9-8-6(3,4)7/h5,9H,1-4H3. The topological polar surface area (TPSA) is 0 Å². The van der Waals surface area contributed by atoms with Crippen molar-refractivity contribution in [2.45, 2.75) is 38.6 Å². The van der Waals surface area contributed by atoms with Crippen molar-refractivity contribution in [2.24, 2.45) is 0 Å². The van der Waals surface area contributed by atoms with E-state index in [0.717, 1.165) is 14.1 Å². The van der Waals surface area contributed by atoms with Crippen LogP contribution in [-0.4, -0.2) is 20.5 Å². The van der Waals surface area contributed by atoms with E-state index in [1.165, 1.54) is 0 Å². The molecule has 0 nitrogen and oxygen atoms in total. The summed E-state index contributed by atoms with van der Waals surface area (Å²) in [7, 11) is 6.63. The van der Waals surface area contributed by atoms with Crippen LogP contribution in [-0.2, 0) is 0 Å². The third-order valence-electron chi connectivity index (χ3n) is 0.789. The average molecular weight is 139 g/mol. The SMILES string of the molecule is [B]C(C)(C)[B]PC(C)C. The van der Waals surface area contributed by atoms with Crippen LogP contribution in [0.15, 0.2) is 0 Å². The predicted octanol–water partition coefficient (Wildman–Crippen LogP) is 2.02. The molecule has 49 valence electrons. The minimum Gasteiger partial charge on any atom is -0.160 e. The van der Waals surface area contributed by atoms with Gasteiger partial charge in [0, 0.05) is 0 Å². The molecule has 3 heteroatoms. The minimum atomic E-state index is -0.0806. The van der Waals surface area contributed by atoms with E-state index in [4.69, 9.17) is 7.85 Å². The van der Waals surface area contributed by atoms with Gasteiger partial charge in [-0.15, -0.1) is 0 Å². The Morgan fingerprint density at radius 3 is 2.00 bits per heavy atom. The molecule has 0 bridgehead atoms. The van der Waals surface area contributed by atoms with Crippen LogP contribution in [0.3, 0.4) is 0 Å². The van der Waals surface area contributed by atoms with Crippen LogP contribution in [0.4, 0.5) is 0 Å². The van der Waals surface area contributed by atoms with Gasteiger partial charge in [-0.25, -0.2) is 0 Å². The molecule has 1 unspecified atom stereocenters. The van der Waals surface area contributed by atoms with Crippen molar-refractivity contribution in [1.82, 2.24) is 0 Å². The summed E-state index contributed by atoms with van der Waals surface area (Å²) >= 11 is 0. The van der Waals surface area contributed by atoms with Crippen molar-refractivity contribution in [3.8, 4) is 0 Å². The van der Waals surface area contributed by atoms with Crippen LogP contribution in [0.1, 0.15) is 27.7 Å². The van der Waals surface area contributed by atoms with E-state index in [2.05, 4.69) is 20.8 Å². The van der Waals surface area contributed by atoms with Gasteiger partial charge in [-0.05, 0) is 5.66 Å². The van der Waals surface area contributed by atoms with E-state index in [1.807, 2.05) is 13.8 Å². The second-order valence-corrected chi connectivity index (χ2v) is 5.06. The highest BCUT2D eigenvalue weighted by Crippen LogP contribution is 2.28. The molecule has 9 heavy (non-hydrogen) atoms. The molecule has 0 saturated heterocycles. The first kappa shape index (κ1) is 9.56. The van der Waals surface area contributed by atoms with Crippen molar-refractivity contribution < 1.29 is 0 Å². The largest absolute Gasteiger partial charge is 0.160 e. The van der Waals surface area contributed by atoms with Crippen molar-refractivity contribution in [2.75, 3.05) is 0 Å². The molecule has 0 rings (SSSR count). The highest BCUT2D eigenvalue weighted by atomic mass is 31.1. The zero-order valence-electron chi connectivity index (χ0n) is 6.73. The van der Waals surface area contributed by atoms with Crippen LogP contribution in [0.25, 0.3) is 0 Å². The maximum absolute atomic E-state index is 5.74. The Morgan fingerprint density at radius 2 is 1.89 bits per heavy atom. The maximum atomic E-state index is 5.74. The molecule has 0 amide bonds. The second kappa shape index (κ2) is 3.66. The number of hydrogen-bond donors (Lipinski definition) is 0. The van der Waals surface area contributed by atoms with Gasteiger partial charge in [0.15, 0.2) is 0 Å². The quantitative estimate of drug-likeness (QED) is 0.414. The Bertz CT molecular complexity index is 75.6. The highest BCUT2D eigenvalue weighted by Gasteiger charge is 2.11. The third kappa shape index (κ3) is 8.56. The first-order valence-electron chi connectivity index (χ1n) is 3.31. The van der Waals surface area contributed by atoms with Gasteiger partial charge in [0.2, 0.25) is 0 Å². The molecule has 0 N–H and O–H groups in total. The molecule has 0 heterocycles. The molecule has 0 spiro atoms. The zero-order chi connectivity index (χ0) is 7.49. The Hall–Kier alpha value is 0.560. The maximum Gasteiger partial charge on any atom is 0.139 e. The van der Waals surface area contributed by atoms with Crippen LogP contribution in [0.5, 0.6) is 0 Å². The summed E-state index contributed by atoms with van der Waals surface area (Å²) in [6.07, 6.45) is 0. The molecule has 0 aliphatic carbocycles. The summed E-state index contributed by atoms with van der Waals surface area (Å²) in [6, 6.07) is 0. The van der Waals surface area contributed by atoms with Crippen LogP contribution < -0.4 is 0 Å². The van der Waals surface area contributed by atoms with Crippen molar-refractivity contribution in [3.63, 3.8) is 0 Å². The molecule has 1 atom stereocenters. The Kier molecular flexibility index (Phi) is 3.89. The van der Waals surface area contributed by atoms with Crippen molar-refractivity contribution in [1.29, 1.82) is 0 Å². The molecular formula is C6H14B2P. The second-order valence-electron chi connectivity index (χ2n) is 3.29. The van der Waals surface area contributed by atoms with Gasteiger partial charge in [0.25, 0.3) is 0 Å². The Labute approximate surface area is 62.6 Å². The van der Waals surface area contributed by atoms with Gasteiger partial charge in [-0.3, -0.25) is 0 Å². The fraction of sp³-hybridized carbons (Fsp3) is 1.00. The fourth-order valence-electron chi connectivity index (χ4n) is 0.381. The summed E-state index contributed by atoms with van der Waals surface area (Å²) in [5, 5.41) is -0.0806. The predicted molar refractivity (Wildman–Crippen MR) is 49.0 cm³/mol. The Balaban J connectivity index is 3.28. The summed E-state index contributed by atoms with van der Waals surface area (Å²) < 4.78 is 0. The van der Waals surface area contributed by atoms with E-state index in [-0.39, 0.29) is 5.21 Å². The van der Waals surface area contributed by atoms with E-state index in [9.17, 15) is 0 Å². The lowest BCUT2D eigenvalue weighted by Crippen LogP contribution is -2.09. The van der Waals surface area contributed by atoms with Gasteiger partial charge in [0.05, 0.1) is 7.85 Å². The first-order valence-corrected chi connectivity index (χ1v) is 4.46.